The zero-order valence-electron chi connectivity index (χ0n) is 10.7. The molecule has 0 aromatic heterocycles. The van der Waals surface area contributed by atoms with E-state index >= 15 is 0 Å². The summed E-state index contributed by atoms with van der Waals surface area (Å²) in [6, 6.07) is 7.67. The van der Waals surface area contributed by atoms with E-state index in [1.807, 2.05) is 31.2 Å². The van der Waals surface area contributed by atoms with Crippen molar-refractivity contribution in [1.29, 1.82) is 0 Å². The molecule has 2 unspecified atom stereocenters. The maximum atomic E-state index is 10.5. The molecule has 0 aliphatic heterocycles. The first-order valence-corrected chi connectivity index (χ1v) is 5.87. The predicted octanol–water partition coefficient (Wildman–Crippen LogP) is 3.34. The quantitative estimate of drug-likeness (QED) is 0.828. The summed E-state index contributed by atoms with van der Waals surface area (Å²) in [6.07, 6.45) is 1.83. The molecule has 2 atom stereocenters. The van der Waals surface area contributed by atoms with Crippen molar-refractivity contribution in [3.63, 3.8) is 0 Å². The molecule has 0 saturated carbocycles. The molecule has 2 heteroatoms. The molecule has 16 heavy (non-hydrogen) atoms. The minimum Gasteiger partial charge on any atom is -0.496 e. The van der Waals surface area contributed by atoms with Gasteiger partial charge in [-0.1, -0.05) is 38.5 Å². The Morgan fingerprint density at radius 2 is 2.00 bits per heavy atom. The summed E-state index contributed by atoms with van der Waals surface area (Å²) < 4.78 is 5.29. The van der Waals surface area contributed by atoms with Crippen molar-refractivity contribution in [2.24, 2.45) is 5.92 Å². The molecule has 0 fully saturated rings. The van der Waals surface area contributed by atoms with Crippen LogP contribution >= 0.6 is 0 Å². The van der Waals surface area contributed by atoms with Crippen molar-refractivity contribution >= 4 is 0 Å². The van der Waals surface area contributed by atoms with E-state index in [-0.39, 0.29) is 0 Å². The van der Waals surface area contributed by atoms with E-state index in [0.29, 0.717) is 5.92 Å². The van der Waals surface area contributed by atoms with Crippen molar-refractivity contribution in [2.45, 2.75) is 39.2 Å². The highest BCUT2D eigenvalue weighted by Crippen LogP contribution is 2.34. The summed E-state index contributed by atoms with van der Waals surface area (Å²) in [7, 11) is 1.64. The van der Waals surface area contributed by atoms with Crippen molar-refractivity contribution in [1.82, 2.24) is 0 Å². The van der Waals surface area contributed by atoms with Crippen molar-refractivity contribution in [3.8, 4) is 5.75 Å². The lowest BCUT2D eigenvalue weighted by Gasteiger charge is -2.28. The molecule has 0 saturated heterocycles. The van der Waals surface area contributed by atoms with Gasteiger partial charge in [0.15, 0.2) is 0 Å². The van der Waals surface area contributed by atoms with Crippen molar-refractivity contribution in [3.05, 3.63) is 29.8 Å². The Balaban J connectivity index is 2.96. The standard InChI is InChI=1S/C14H22O2/c1-5-11(2)10-14(3,15)12-8-6-7-9-13(12)16-4/h6-9,11,15H,5,10H2,1-4H3. The lowest BCUT2D eigenvalue weighted by Crippen LogP contribution is -2.24. The van der Waals surface area contributed by atoms with Gasteiger partial charge in [0.1, 0.15) is 5.75 Å². The second-order valence-corrected chi connectivity index (χ2v) is 4.69. The van der Waals surface area contributed by atoms with Gasteiger partial charge < -0.3 is 9.84 Å². The Hall–Kier alpha value is -1.02. The van der Waals surface area contributed by atoms with Crippen LogP contribution in [0.2, 0.25) is 0 Å². The second-order valence-electron chi connectivity index (χ2n) is 4.69. The molecule has 0 amide bonds. The number of methoxy groups -OCH3 is 1. The molecule has 0 bridgehead atoms. The lowest BCUT2D eigenvalue weighted by atomic mass is 9.85. The van der Waals surface area contributed by atoms with E-state index in [9.17, 15) is 5.11 Å². The fraction of sp³-hybridized carbons (Fsp3) is 0.571. The Labute approximate surface area is 98.3 Å². The normalized spacial score (nSPS) is 16.6. The fourth-order valence-corrected chi connectivity index (χ4v) is 2.02. The number of rotatable bonds is 5. The first-order valence-electron chi connectivity index (χ1n) is 5.87. The van der Waals surface area contributed by atoms with Crippen molar-refractivity contribution in [2.75, 3.05) is 7.11 Å². The van der Waals surface area contributed by atoms with Gasteiger partial charge in [0, 0.05) is 5.56 Å². The van der Waals surface area contributed by atoms with E-state index in [2.05, 4.69) is 13.8 Å². The van der Waals surface area contributed by atoms with Crippen LogP contribution in [-0.4, -0.2) is 12.2 Å². The van der Waals surface area contributed by atoms with E-state index in [4.69, 9.17) is 4.74 Å². The van der Waals surface area contributed by atoms with Crippen LogP contribution in [0.3, 0.4) is 0 Å². The third kappa shape index (κ3) is 2.99. The van der Waals surface area contributed by atoms with E-state index in [0.717, 1.165) is 24.2 Å². The zero-order chi connectivity index (χ0) is 12.2. The minimum absolute atomic E-state index is 0.500. The predicted molar refractivity (Wildman–Crippen MR) is 66.6 cm³/mol. The maximum Gasteiger partial charge on any atom is 0.124 e. The van der Waals surface area contributed by atoms with Gasteiger partial charge in [-0.05, 0) is 25.3 Å². The molecule has 1 aromatic carbocycles. The molecule has 1 aromatic rings. The van der Waals surface area contributed by atoms with Gasteiger partial charge in [0.05, 0.1) is 12.7 Å². The van der Waals surface area contributed by atoms with Gasteiger partial charge in [0.2, 0.25) is 0 Å². The van der Waals surface area contributed by atoms with Gasteiger partial charge in [-0.25, -0.2) is 0 Å². The molecule has 90 valence electrons. The molecule has 0 aliphatic rings. The third-order valence-corrected chi connectivity index (χ3v) is 3.13. The topological polar surface area (TPSA) is 29.5 Å². The summed E-state index contributed by atoms with van der Waals surface area (Å²) in [4.78, 5) is 0. The summed E-state index contributed by atoms with van der Waals surface area (Å²) in [5.74, 6) is 1.26. The maximum absolute atomic E-state index is 10.5. The SMILES string of the molecule is CCC(C)CC(C)(O)c1ccccc1OC. The molecular weight excluding hydrogens is 200 g/mol. The highest BCUT2D eigenvalue weighted by Gasteiger charge is 2.27. The first-order chi connectivity index (χ1) is 7.51. The van der Waals surface area contributed by atoms with E-state index in [1.165, 1.54) is 0 Å². The summed E-state index contributed by atoms with van der Waals surface area (Å²) in [6.45, 7) is 6.16. The Bertz CT molecular complexity index is 331. The Morgan fingerprint density at radius 1 is 1.38 bits per heavy atom. The van der Waals surface area contributed by atoms with Crippen LogP contribution in [0.25, 0.3) is 0 Å². The van der Waals surface area contributed by atoms with Crippen LogP contribution in [0.1, 0.15) is 39.2 Å². The summed E-state index contributed by atoms with van der Waals surface area (Å²) in [5.41, 5.74) is 0.0555. The van der Waals surface area contributed by atoms with Gasteiger partial charge in [0.25, 0.3) is 0 Å². The monoisotopic (exact) mass is 222 g/mol. The number of hydrogen-bond donors (Lipinski definition) is 1. The molecule has 1 rings (SSSR count). The summed E-state index contributed by atoms with van der Waals surface area (Å²) >= 11 is 0. The largest absolute Gasteiger partial charge is 0.496 e. The average molecular weight is 222 g/mol. The molecule has 2 nitrogen and oxygen atoms in total. The lowest BCUT2D eigenvalue weighted by molar-refractivity contribution is 0.0296. The number of hydrogen-bond acceptors (Lipinski definition) is 2. The average Bonchev–Trinajstić information content (AvgIpc) is 2.28. The van der Waals surface area contributed by atoms with E-state index < -0.39 is 5.60 Å². The van der Waals surface area contributed by atoms with Crippen LogP contribution in [0, 0.1) is 5.92 Å². The van der Waals surface area contributed by atoms with Crippen LogP contribution in [-0.2, 0) is 5.60 Å². The number of benzene rings is 1. The number of aliphatic hydroxyl groups is 1. The highest BCUT2D eigenvalue weighted by atomic mass is 16.5. The van der Waals surface area contributed by atoms with Crippen LogP contribution in [0.15, 0.2) is 24.3 Å². The van der Waals surface area contributed by atoms with Gasteiger partial charge in [-0.3, -0.25) is 0 Å². The fourth-order valence-electron chi connectivity index (χ4n) is 2.02. The van der Waals surface area contributed by atoms with Gasteiger partial charge >= 0.3 is 0 Å². The molecule has 1 N–H and O–H groups in total. The molecular formula is C14H22O2. The number of ether oxygens (including phenoxy) is 1. The van der Waals surface area contributed by atoms with Crippen LogP contribution < -0.4 is 4.74 Å². The Kier molecular flexibility index (Phi) is 4.36. The first kappa shape index (κ1) is 13.0. The zero-order valence-corrected chi connectivity index (χ0v) is 10.7. The Morgan fingerprint density at radius 3 is 2.56 bits per heavy atom. The molecule has 0 aliphatic carbocycles. The molecule has 0 spiro atoms. The van der Waals surface area contributed by atoms with Crippen molar-refractivity contribution < 1.29 is 9.84 Å². The van der Waals surface area contributed by atoms with Gasteiger partial charge in [-0.2, -0.15) is 0 Å². The number of para-hydroxylation sites is 1. The van der Waals surface area contributed by atoms with Crippen LogP contribution in [0.4, 0.5) is 0 Å². The second kappa shape index (κ2) is 5.35. The smallest absolute Gasteiger partial charge is 0.124 e. The van der Waals surface area contributed by atoms with Gasteiger partial charge in [-0.15, -0.1) is 0 Å². The minimum atomic E-state index is -0.817. The van der Waals surface area contributed by atoms with E-state index in [1.54, 1.807) is 7.11 Å². The summed E-state index contributed by atoms with van der Waals surface area (Å²) in [5, 5.41) is 10.5. The molecule has 0 radical (unpaired) electrons. The highest BCUT2D eigenvalue weighted by molar-refractivity contribution is 5.37. The third-order valence-electron chi connectivity index (χ3n) is 3.13. The van der Waals surface area contributed by atoms with Crippen LogP contribution in [0.5, 0.6) is 5.75 Å². The molecule has 0 heterocycles.